The van der Waals surface area contributed by atoms with Crippen LogP contribution in [0.3, 0.4) is 0 Å². The second-order valence-electron chi connectivity index (χ2n) is 4.91. The van der Waals surface area contributed by atoms with Crippen molar-refractivity contribution < 1.29 is 4.79 Å². The molecule has 1 aromatic carbocycles. The number of imidazole rings is 1. The summed E-state index contributed by atoms with van der Waals surface area (Å²) >= 11 is 1.71. The number of carbonyl (C=O) groups excluding carboxylic acids is 1. The van der Waals surface area contributed by atoms with Crippen LogP contribution in [0.25, 0.3) is 11.0 Å². The Balaban J connectivity index is 2.27. The van der Waals surface area contributed by atoms with Crippen LogP contribution in [-0.4, -0.2) is 27.8 Å². The van der Waals surface area contributed by atoms with Gasteiger partial charge >= 0.3 is 0 Å². The molecule has 0 aliphatic carbocycles. The van der Waals surface area contributed by atoms with Crippen LogP contribution in [0.4, 0.5) is 0 Å². The van der Waals surface area contributed by atoms with Crippen LogP contribution in [0, 0.1) is 0 Å². The van der Waals surface area contributed by atoms with Gasteiger partial charge in [0.25, 0.3) is 0 Å². The monoisotopic (exact) mass is 291 g/mol. The van der Waals surface area contributed by atoms with Gasteiger partial charge in [0.05, 0.1) is 16.8 Å². The molecule has 0 radical (unpaired) electrons. The highest BCUT2D eigenvalue weighted by Crippen LogP contribution is 2.18. The van der Waals surface area contributed by atoms with E-state index in [-0.39, 0.29) is 11.9 Å². The Morgan fingerprint density at radius 3 is 2.90 bits per heavy atom. The number of benzene rings is 1. The van der Waals surface area contributed by atoms with E-state index >= 15 is 0 Å². The van der Waals surface area contributed by atoms with Gasteiger partial charge < -0.3 is 9.88 Å². The first-order valence-electron chi connectivity index (χ1n) is 6.88. The SMILES string of the molecule is CC[C@@H](C)NC(=O)Cn1c(CSC)nc2ccccc21. The molecule has 5 heteroatoms. The molecule has 0 saturated heterocycles. The van der Waals surface area contributed by atoms with Crippen molar-refractivity contribution in [3.63, 3.8) is 0 Å². The van der Waals surface area contributed by atoms with Crippen LogP contribution < -0.4 is 5.32 Å². The Kier molecular flexibility index (Phi) is 5.06. The fourth-order valence-corrected chi connectivity index (χ4v) is 2.59. The lowest BCUT2D eigenvalue weighted by atomic mass is 10.2. The summed E-state index contributed by atoms with van der Waals surface area (Å²) in [4.78, 5) is 16.7. The molecule has 1 heterocycles. The maximum Gasteiger partial charge on any atom is 0.240 e. The Morgan fingerprint density at radius 2 is 2.20 bits per heavy atom. The van der Waals surface area contributed by atoms with Crippen molar-refractivity contribution in [2.45, 2.75) is 38.6 Å². The number of carbonyl (C=O) groups is 1. The Labute approximate surface area is 124 Å². The third-order valence-corrected chi connectivity index (χ3v) is 3.88. The molecule has 0 spiro atoms. The van der Waals surface area contributed by atoms with Crippen molar-refractivity contribution in [3.05, 3.63) is 30.1 Å². The summed E-state index contributed by atoms with van der Waals surface area (Å²) in [6, 6.07) is 8.17. The lowest BCUT2D eigenvalue weighted by molar-refractivity contribution is -0.122. The van der Waals surface area contributed by atoms with E-state index in [1.54, 1.807) is 11.8 Å². The molecule has 1 aromatic heterocycles. The van der Waals surface area contributed by atoms with Crippen LogP contribution >= 0.6 is 11.8 Å². The summed E-state index contributed by atoms with van der Waals surface area (Å²) in [5.74, 6) is 1.81. The smallest absolute Gasteiger partial charge is 0.240 e. The van der Waals surface area contributed by atoms with Gasteiger partial charge in [0.15, 0.2) is 0 Å². The van der Waals surface area contributed by atoms with Gasteiger partial charge in [-0.15, -0.1) is 0 Å². The summed E-state index contributed by atoms with van der Waals surface area (Å²) in [5.41, 5.74) is 1.98. The molecule has 2 aromatic rings. The first-order chi connectivity index (χ1) is 9.65. The highest BCUT2D eigenvalue weighted by Gasteiger charge is 2.13. The first kappa shape index (κ1) is 14.9. The fraction of sp³-hybridized carbons (Fsp3) is 0.467. The molecular formula is C15H21N3OS. The minimum atomic E-state index is 0.0462. The van der Waals surface area contributed by atoms with Crippen molar-refractivity contribution in [2.75, 3.05) is 6.26 Å². The van der Waals surface area contributed by atoms with Crippen LogP contribution in [-0.2, 0) is 17.1 Å². The van der Waals surface area contributed by atoms with Crippen molar-refractivity contribution >= 4 is 28.7 Å². The quantitative estimate of drug-likeness (QED) is 0.890. The zero-order valence-corrected chi connectivity index (χ0v) is 13.0. The number of amides is 1. The molecule has 1 amide bonds. The standard InChI is InChI=1S/C15H21N3OS/c1-4-11(2)16-15(19)9-18-13-8-6-5-7-12(13)17-14(18)10-20-3/h5-8,11H,4,9-10H2,1-3H3,(H,16,19)/t11-/m1/s1. The molecule has 0 fully saturated rings. The summed E-state index contributed by atoms with van der Waals surface area (Å²) < 4.78 is 2.02. The molecule has 20 heavy (non-hydrogen) atoms. The zero-order valence-electron chi connectivity index (χ0n) is 12.2. The van der Waals surface area contributed by atoms with Crippen molar-refractivity contribution in [2.24, 2.45) is 0 Å². The fourth-order valence-electron chi connectivity index (χ4n) is 2.11. The largest absolute Gasteiger partial charge is 0.352 e. The van der Waals surface area contributed by atoms with E-state index in [1.807, 2.05) is 42.0 Å². The minimum absolute atomic E-state index is 0.0462. The van der Waals surface area contributed by atoms with E-state index in [9.17, 15) is 4.79 Å². The molecule has 4 nitrogen and oxygen atoms in total. The minimum Gasteiger partial charge on any atom is -0.352 e. The maximum absolute atomic E-state index is 12.1. The lowest BCUT2D eigenvalue weighted by Crippen LogP contribution is -2.34. The third-order valence-electron chi connectivity index (χ3n) is 3.33. The third kappa shape index (κ3) is 3.33. The first-order valence-corrected chi connectivity index (χ1v) is 8.27. The number of hydrogen-bond donors (Lipinski definition) is 1. The van der Waals surface area contributed by atoms with Gasteiger partial charge in [0, 0.05) is 6.04 Å². The van der Waals surface area contributed by atoms with Crippen molar-refractivity contribution in [1.82, 2.24) is 14.9 Å². The van der Waals surface area contributed by atoms with E-state index in [2.05, 4.69) is 17.2 Å². The molecule has 0 saturated carbocycles. The van der Waals surface area contributed by atoms with Gasteiger partial charge in [-0.25, -0.2) is 4.98 Å². The van der Waals surface area contributed by atoms with Gasteiger partial charge in [-0.3, -0.25) is 4.79 Å². The van der Waals surface area contributed by atoms with Crippen LogP contribution in [0.5, 0.6) is 0 Å². The van der Waals surface area contributed by atoms with Gasteiger partial charge in [0.1, 0.15) is 12.4 Å². The maximum atomic E-state index is 12.1. The van der Waals surface area contributed by atoms with Crippen LogP contribution in [0.1, 0.15) is 26.1 Å². The number of hydrogen-bond acceptors (Lipinski definition) is 3. The summed E-state index contributed by atoms with van der Waals surface area (Å²) in [7, 11) is 0. The van der Waals surface area contributed by atoms with Gasteiger partial charge in [0.2, 0.25) is 5.91 Å². The molecule has 2 rings (SSSR count). The van der Waals surface area contributed by atoms with Crippen LogP contribution in [0.2, 0.25) is 0 Å². The number of para-hydroxylation sites is 2. The second kappa shape index (κ2) is 6.79. The topological polar surface area (TPSA) is 46.9 Å². The molecule has 1 atom stereocenters. The molecule has 0 aliphatic heterocycles. The lowest BCUT2D eigenvalue weighted by Gasteiger charge is -2.13. The van der Waals surface area contributed by atoms with Crippen LogP contribution in [0.15, 0.2) is 24.3 Å². The number of fused-ring (bicyclic) bond motifs is 1. The summed E-state index contributed by atoms with van der Waals surface area (Å²) in [6.07, 6.45) is 2.98. The van der Waals surface area contributed by atoms with E-state index < -0.39 is 0 Å². The van der Waals surface area contributed by atoms with Crippen molar-refractivity contribution in [3.8, 4) is 0 Å². The molecule has 0 aliphatic rings. The molecular weight excluding hydrogens is 270 g/mol. The number of rotatable bonds is 6. The molecule has 108 valence electrons. The van der Waals surface area contributed by atoms with Gasteiger partial charge in [-0.2, -0.15) is 11.8 Å². The Bertz CT molecular complexity index is 594. The predicted molar refractivity (Wildman–Crippen MR) is 84.8 cm³/mol. The number of nitrogens with one attached hydrogen (secondary N) is 1. The zero-order chi connectivity index (χ0) is 14.5. The van der Waals surface area contributed by atoms with Gasteiger partial charge in [-0.1, -0.05) is 19.1 Å². The Morgan fingerprint density at radius 1 is 1.45 bits per heavy atom. The Hall–Kier alpha value is -1.49. The summed E-state index contributed by atoms with van der Waals surface area (Å²) in [6.45, 7) is 4.42. The molecule has 0 unspecified atom stereocenters. The van der Waals surface area contributed by atoms with Crippen molar-refractivity contribution in [1.29, 1.82) is 0 Å². The predicted octanol–water partition coefficient (Wildman–Crippen LogP) is 2.81. The number of nitrogens with zero attached hydrogens (tertiary/aromatic N) is 2. The molecule has 1 N–H and O–H groups in total. The number of aromatic nitrogens is 2. The number of thioether (sulfide) groups is 1. The average molecular weight is 291 g/mol. The van der Waals surface area contributed by atoms with E-state index in [0.717, 1.165) is 29.0 Å². The van der Waals surface area contributed by atoms with Gasteiger partial charge in [-0.05, 0) is 31.7 Å². The van der Waals surface area contributed by atoms with E-state index in [1.165, 1.54) is 0 Å². The van der Waals surface area contributed by atoms with E-state index in [4.69, 9.17) is 0 Å². The molecule has 0 bridgehead atoms. The summed E-state index contributed by atoms with van der Waals surface area (Å²) in [5, 5.41) is 3.01. The normalized spacial score (nSPS) is 12.6. The second-order valence-corrected chi connectivity index (χ2v) is 5.78. The van der Waals surface area contributed by atoms with E-state index in [0.29, 0.717) is 6.54 Å². The highest BCUT2D eigenvalue weighted by atomic mass is 32.2. The highest BCUT2D eigenvalue weighted by molar-refractivity contribution is 7.97. The average Bonchev–Trinajstić information content (AvgIpc) is 2.77.